The molecule has 0 spiro atoms. The van der Waals surface area contributed by atoms with Crippen LogP contribution in [0.3, 0.4) is 0 Å². The summed E-state index contributed by atoms with van der Waals surface area (Å²) >= 11 is 10.9. The molecule has 152 valence electrons. The van der Waals surface area contributed by atoms with Crippen molar-refractivity contribution in [2.75, 3.05) is 10.6 Å². The average Bonchev–Trinajstić information content (AvgIpc) is 3.17. The average molecular weight is 434 g/mol. The highest BCUT2D eigenvalue weighted by atomic mass is 35.5. The summed E-state index contributed by atoms with van der Waals surface area (Å²) < 4.78 is 13.2. The fourth-order valence-electron chi connectivity index (χ4n) is 3.33. The highest BCUT2D eigenvalue weighted by molar-refractivity contribution is 7.80. The first kappa shape index (κ1) is 21.2. The smallest absolute Gasteiger partial charge is 0.255 e. The molecule has 3 N–H and O–H groups in total. The molecule has 0 aliphatic heterocycles. The molecule has 0 saturated heterocycles. The lowest BCUT2D eigenvalue weighted by Crippen LogP contribution is -2.34. The number of rotatable bonds is 5. The van der Waals surface area contributed by atoms with E-state index in [2.05, 4.69) is 16.0 Å². The second-order valence-corrected chi connectivity index (χ2v) is 7.84. The molecule has 0 radical (unpaired) electrons. The summed E-state index contributed by atoms with van der Waals surface area (Å²) in [6.07, 6.45) is 5.01. The highest BCUT2D eigenvalue weighted by Crippen LogP contribution is 2.27. The van der Waals surface area contributed by atoms with E-state index in [0.717, 1.165) is 12.8 Å². The minimum atomic E-state index is -0.556. The van der Waals surface area contributed by atoms with Crippen LogP contribution in [0.5, 0.6) is 0 Å². The molecule has 29 heavy (non-hydrogen) atoms. The minimum Gasteiger partial charge on any atom is -0.332 e. The monoisotopic (exact) mass is 433 g/mol. The van der Waals surface area contributed by atoms with E-state index < -0.39 is 5.82 Å². The Labute approximate surface area is 179 Å². The molecular weight excluding hydrogens is 413 g/mol. The lowest BCUT2D eigenvalue weighted by Gasteiger charge is -2.13. The third-order valence-electron chi connectivity index (χ3n) is 4.76. The van der Waals surface area contributed by atoms with Crippen LogP contribution in [-0.2, 0) is 4.79 Å². The Morgan fingerprint density at radius 2 is 1.79 bits per heavy atom. The number of carbonyl (C=O) groups excluding carboxylic acids is 2. The Morgan fingerprint density at radius 1 is 1.07 bits per heavy atom. The number of thiocarbonyl (C=S) groups is 1. The van der Waals surface area contributed by atoms with Crippen molar-refractivity contribution in [1.82, 2.24) is 5.32 Å². The Bertz CT molecular complexity index is 932. The van der Waals surface area contributed by atoms with E-state index in [-0.39, 0.29) is 21.9 Å². The molecule has 2 aromatic rings. The minimum absolute atomic E-state index is 0.0723. The molecular formula is C21H21ClFN3O2S. The molecule has 1 aliphatic rings. The van der Waals surface area contributed by atoms with Gasteiger partial charge in [0.05, 0.1) is 5.02 Å². The van der Waals surface area contributed by atoms with Gasteiger partial charge in [-0.15, -0.1) is 0 Å². The predicted octanol–water partition coefficient (Wildman–Crippen LogP) is 5.12. The number of hydrogen-bond donors (Lipinski definition) is 3. The van der Waals surface area contributed by atoms with Crippen LogP contribution >= 0.6 is 23.8 Å². The van der Waals surface area contributed by atoms with Gasteiger partial charge in [0.15, 0.2) is 5.11 Å². The van der Waals surface area contributed by atoms with Crippen molar-refractivity contribution in [3.05, 3.63) is 58.9 Å². The second-order valence-electron chi connectivity index (χ2n) is 7.02. The van der Waals surface area contributed by atoms with Gasteiger partial charge in [0.1, 0.15) is 5.82 Å². The van der Waals surface area contributed by atoms with E-state index >= 15 is 0 Å². The Hall–Kier alpha value is -2.51. The van der Waals surface area contributed by atoms with Gasteiger partial charge >= 0.3 is 0 Å². The summed E-state index contributed by atoms with van der Waals surface area (Å²) in [5, 5.41) is 8.39. The van der Waals surface area contributed by atoms with Crippen LogP contribution < -0.4 is 16.0 Å². The number of benzene rings is 2. The lowest BCUT2D eigenvalue weighted by atomic mass is 10.0. The molecule has 0 heterocycles. The first-order valence-electron chi connectivity index (χ1n) is 9.38. The normalized spacial score (nSPS) is 13.7. The van der Waals surface area contributed by atoms with Crippen molar-refractivity contribution >= 4 is 52.1 Å². The van der Waals surface area contributed by atoms with Crippen LogP contribution in [0.1, 0.15) is 42.5 Å². The summed E-state index contributed by atoms with van der Waals surface area (Å²) in [5.74, 6) is -0.604. The molecule has 1 fully saturated rings. The quantitative estimate of drug-likeness (QED) is 0.572. The van der Waals surface area contributed by atoms with E-state index in [4.69, 9.17) is 23.8 Å². The molecule has 2 amide bonds. The largest absolute Gasteiger partial charge is 0.332 e. The maximum atomic E-state index is 13.2. The number of halogens is 2. The van der Waals surface area contributed by atoms with Gasteiger partial charge in [-0.05, 0) is 67.4 Å². The van der Waals surface area contributed by atoms with Gasteiger partial charge in [-0.3, -0.25) is 9.59 Å². The van der Waals surface area contributed by atoms with Crippen LogP contribution in [0.2, 0.25) is 5.02 Å². The van der Waals surface area contributed by atoms with Gasteiger partial charge in [0.25, 0.3) is 5.91 Å². The molecule has 3 rings (SSSR count). The van der Waals surface area contributed by atoms with Crippen LogP contribution in [0, 0.1) is 11.7 Å². The van der Waals surface area contributed by atoms with E-state index in [0.29, 0.717) is 29.3 Å². The van der Waals surface area contributed by atoms with Crippen molar-refractivity contribution in [2.24, 2.45) is 5.92 Å². The van der Waals surface area contributed by atoms with E-state index in [1.165, 1.54) is 31.0 Å². The molecule has 1 saturated carbocycles. The number of nitrogens with one attached hydrogen (secondary N) is 3. The maximum Gasteiger partial charge on any atom is 0.255 e. The van der Waals surface area contributed by atoms with Crippen molar-refractivity contribution in [3.8, 4) is 0 Å². The van der Waals surface area contributed by atoms with Gasteiger partial charge in [-0.2, -0.15) is 0 Å². The van der Waals surface area contributed by atoms with Crippen molar-refractivity contribution in [1.29, 1.82) is 0 Å². The third kappa shape index (κ3) is 6.24. The van der Waals surface area contributed by atoms with Crippen LogP contribution in [0.4, 0.5) is 15.8 Å². The molecule has 0 unspecified atom stereocenters. The summed E-state index contributed by atoms with van der Waals surface area (Å²) in [7, 11) is 0. The van der Waals surface area contributed by atoms with Crippen LogP contribution in [0.25, 0.3) is 0 Å². The van der Waals surface area contributed by atoms with E-state index in [9.17, 15) is 14.0 Å². The van der Waals surface area contributed by atoms with E-state index in [1.807, 2.05) is 0 Å². The summed E-state index contributed by atoms with van der Waals surface area (Å²) in [6, 6.07) is 10.6. The van der Waals surface area contributed by atoms with Crippen LogP contribution in [-0.4, -0.2) is 16.9 Å². The van der Waals surface area contributed by atoms with Crippen molar-refractivity contribution in [3.63, 3.8) is 0 Å². The van der Waals surface area contributed by atoms with Crippen molar-refractivity contribution in [2.45, 2.75) is 32.1 Å². The highest BCUT2D eigenvalue weighted by Gasteiger charge is 2.19. The zero-order chi connectivity index (χ0) is 20.8. The fourth-order valence-corrected chi connectivity index (χ4v) is 3.74. The summed E-state index contributed by atoms with van der Waals surface area (Å²) in [5.41, 5.74) is 1.32. The van der Waals surface area contributed by atoms with E-state index in [1.54, 1.807) is 24.3 Å². The summed E-state index contributed by atoms with van der Waals surface area (Å²) in [6.45, 7) is 0. The van der Waals surface area contributed by atoms with Gasteiger partial charge in [0, 0.05) is 23.4 Å². The number of amides is 2. The Balaban J connectivity index is 1.56. The maximum absolute atomic E-state index is 13.2. The Morgan fingerprint density at radius 3 is 2.52 bits per heavy atom. The van der Waals surface area contributed by atoms with Gasteiger partial charge in [-0.1, -0.05) is 30.5 Å². The van der Waals surface area contributed by atoms with Gasteiger partial charge in [-0.25, -0.2) is 4.39 Å². The second kappa shape index (κ2) is 9.80. The lowest BCUT2D eigenvalue weighted by molar-refractivity contribution is -0.120. The Kier molecular flexibility index (Phi) is 7.17. The number of anilines is 2. The topological polar surface area (TPSA) is 70.2 Å². The first-order chi connectivity index (χ1) is 13.9. The van der Waals surface area contributed by atoms with Crippen molar-refractivity contribution < 1.29 is 14.0 Å². The van der Waals surface area contributed by atoms with Gasteiger partial charge < -0.3 is 16.0 Å². The summed E-state index contributed by atoms with van der Waals surface area (Å²) in [4.78, 5) is 24.5. The molecule has 0 bridgehead atoms. The fraction of sp³-hybridized carbons (Fsp3) is 0.286. The molecule has 5 nitrogen and oxygen atoms in total. The molecule has 1 aliphatic carbocycles. The van der Waals surface area contributed by atoms with Crippen LogP contribution in [0.15, 0.2) is 42.5 Å². The zero-order valence-electron chi connectivity index (χ0n) is 15.6. The molecule has 0 aromatic heterocycles. The molecule has 8 heteroatoms. The predicted molar refractivity (Wildman–Crippen MR) is 117 cm³/mol. The van der Waals surface area contributed by atoms with Gasteiger partial charge in [0.2, 0.25) is 5.91 Å². The SMILES string of the molecule is O=C(CC1CCCC1)NC(=S)Nc1cccc(C(=O)Nc2ccc(F)c(Cl)c2)c1. The molecule has 0 atom stereocenters. The third-order valence-corrected chi connectivity index (χ3v) is 5.26. The number of hydrogen-bond acceptors (Lipinski definition) is 3. The number of carbonyl (C=O) groups is 2. The first-order valence-corrected chi connectivity index (χ1v) is 10.2. The standard InChI is InChI=1S/C21H21ClFN3O2S/c22-17-12-16(8-9-18(17)23)24-20(28)14-6-3-7-15(11-14)25-21(29)26-19(27)10-13-4-1-2-5-13/h3,6-9,11-13H,1-2,4-5,10H2,(H,24,28)(H2,25,26,27,29). The molecule has 2 aromatic carbocycles. The zero-order valence-corrected chi connectivity index (χ0v) is 17.2.